The molecule has 0 bridgehead atoms. The van der Waals surface area contributed by atoms with E-state index in [4.69, 9.17) is 9.47 Å². The van der Waals surface area contributed by atoms with E-state index in [0.717, 1.165) is 11.4 Å². The van der Waals surface area contributed by atoms with Crippen molar-refractivity contribution in [3.63, 3.8) is 0 Å². The van der Waals surface area contributed by atoms with Gasteiger partial charge in [0.1, 0.15) is 17.4 Å². The minimum Gasteiger partial charge on any atom is -0.494 e. The van der Waals surface area contributed by atoms with Crippen molar-refractivity contribution < 1.29 is 17.9 Å². The highest BCUT2D eigenvalue weighted by molar-refractivity contribution is 7.89. The van der Waals surface area contributed by atoms with Crippen molar-refractivity contribution in [2.75, 3.05) is 44.8 Å². The summed E-state index contributed by atoms with van der Waals surface area (Å²) in [6, 6.07) is 6.77. The first kappa shape index (κ1) is 20.3. The Morgan fingerprint density at radius 3 is 2.39 bits per heavy atom. The van der Waals surface area contributed by atoms with Gasteiger partial charge in [-0.2, -0.15) is 9.29 Å². The van der Waals surface area contributed by atoms with Crippen molar-refractivity contribution in [1.82, 2.24) is 14.3 Å². The smallest absolute Gasteiger partial charge is 0.243 e. The minimum atomic E-state index is -3.55. The zero-order valence-electron chi connectivity index (χ0n) is 16.7. The van der Waals surface area contributed by atoms with E-state index in [-0.39, 0.29) is 0 Å². The van der Waals surface area contributed by atoms with Crippen molar-refractivity contribution in [3.05, 3.63) is 35.7 Å². The summed E-state index contributed by atoms with van der Waals surface area (Å²) in [4.78, 5) is 11.0. The monoisotopic (exact) mass is 406 g/mol. The molecule has 0 unspecified atom stereocenters. The molecular formula is C19H26N4O4S. The fraction of sp³-hybridized carbons (Fsp3) is 0.474. The number of nitrogens with zero attached hydrogens (tertiary/aromatic N) is 4. The second-order valence-electron chi connectivity index (χ2n) is 6.57. The van der Waals surface area contributed by atoms with Crippen molar-refractivity contribution in [2.24, 2.45) is 0 Å². The van der Waals surface area contributed by atoms with Gasteiger partial charge in [-0.05, 0) is 44.5 Å². The van der Waals surface area contributed by atoms with E-state index in [1.54, 1.807) is 38.3 Å². The molecule has 1 aliphatic rings. The van der Waals surface area contributed by atoms with Crippen LogP contribution in [-0.4, -0.2) is 62.6 Å². The molecule has 1 fully saturated rings. The number of anilines is 1. The lowest BCUT2D eigenvalue weighted by atomic mass is 10.2. The molecule has 1 saturated heterocycles. The first-order valence-electron chi connectivity index (χ1n) is 9.23. The fourth-order valence-electron chi connectivity index (χ4n) is 3.20. The van der Waals surface area contributed by atoms with E-state index in [9.17, 15) is 8.42 Å². The first-order valence-corrected chi connectivity index (χ1v) is 10.7. The number of benzene rings is 1. The maximum Gasteiger partial charge on any atom is 0.243 e. The minimum absolute atomic E-state index is 0.293. The molecule has 0 spiro atoms. The lowest BCUT2D eigenvalue weighted by Crippen LogP contribution is -2.49. The van der Waals surface area contributed by atoms with Crippen LogP contribution in [0.25, 0.3) is 0 Å². The molecule has 1 aromatic heterocycles. The van der Waals surface area contributed by atoms with E-state index in [2.05, 4.69) is 9.97 Å². The van der Waals surface area contributed by atoms with E-state index < -0.39 is 10.0 Å². The number of piperazine rings is 1. The Labute approximate surface area is 166 Å². The molecular weight excluding hydrogens is 380 g/mol. The largest absolute Gasteiger partial charge is 0.494 e. The lowest BCUT2D eigenvalue weighted by Gasteiger charge is -2.34. The average Bonchev–Trinajstić information content (AvgIpc) is 2.69. The number of rotatable bonds is 6. The molecule has 3 rings (SSSR count). The van der Waals surface area contributed by atoms with Crippen LogP contribution in [0.5, 0.6) is 11.6 Å². The van der Waals surface area contributed by atoms with Crippen LogP contribution in [0.4, 0.5) is 5.82 Å². The van der Waals surface area contributed by atoms with Crippen molar-refractivity contribution in [2.45, 2.75) is 25.7 Å². The van der Waals surface area contributed by atoms with E-state index in [1.807, 2.05) is 18.7 Å². The quantitative estimate of drug-likeness (QED) is 0.725. The highest BCUT2D eigenvalue weighted by Crippen LogP contribution is 2.26. The number of ether oxygens (including phenoxy) is 2. The molecule has 2 heterocycles. The van der Waals surface area contributed by atoms with Crippen LogP contribution >= 0.6 is 0 Å². The molecule has 2 aromatic rings. The molecule has 1 aromatic carbocycles. The highest BCUT2D eigenvalue weighted by Gasteiger charge is 2.29. The van der Waals surface area contributed by atoms with Gasteiger partial charge < -0.3 is 14.4 Å². The van der Waals surface area contributed by atoms with Gasteiger partial charge in [-0.1, -0.05) is 0 Å². The normalized spacial score (nSPS) is 15.5. The van der Waals surface area contributed by atoms with E-state index in [1.165, 1.54) is 4.31 Å². The van der Waals surface area contributed by atoms with E-state index in [0.29, 0.717) is 55.1 Å². The van der Waals surface area contributed by atoms with Crippen LogP contribution in [0.1, 0.15) is 18.3 Å². The van der Waals surface area contributed by atoms with Crippen LogP contribution in [0, 0.1) is 13.8 Å². The summed E-state index contributed by atoms with van der Waals surface area (Å²) in [5.41, 5.74) is 0.810. The summed E-state index contributed by atoms with van der Waals surface area (Å²) in [7, 11) is -1.98. The third-order valence-corrected chi connectivity index (χ3v) is 6.55. The Bertz CT molecular complexity index is 941. The van der Waals surface area contributed by atoms with E-state index >= 15 is 0 Å². The maximum absolute atomic E-state index is 13.0. The summed E-state index contributed by atoms with van der Waals surface area (Å²) < 4.78 is 38.3. The van der Waals surface area contributed by atoms with Crippen LogP contribution in [0.2, 0.25) is 0 Å². The van der Waals surface area contributed by atoms with Gasteiger partial charge in [0.15, 0.2) is 0 Å². The number of methoxy groups -OCH3 is 1. The third-order valence-electron chi connectivity index (χ3n) is 4.66. The van der Waals surface area contributed by atoms with Gasteiger partial charge in [0.2, 0.25) is 15.9 Å². The number of sulfonamides is 1. The third kappa shape index (κ3) is 4.20. The Morgan fingerprint density at radius 1 is 1.07 bits per heavy atom. The summed E-state index contributed by atoms with van der Waals surface area (Å²) in [6.07, 6.45) is 0. The zero-order chi connectivity index (χ0) is 20.3. The second-order valence-corrected chi connectivity index (χ2v) is 8.51. The molecule has 8 nitrogen and oxygen atoms in total. The van der Waals surface area contributed by atoms with Crippen molar-refractivity contribution in [3.8, 4) is 11.6 Å². The van der Waals surface area contributed by atoms with Gasteiger partial charge in [0, 0.05) is 32.2 Å². The maximum atomic E-state index is 13.0. The van der Waals surface area contributed by atoms with Crippen LogP contribution in [-0.2, 0) is 10.0 Å². The molecule has 9 heteroatoms. The number of hydrogen-bond acceptors (Lipinski definition) is 7. The van der Waals surface area contributed by atoms with Crippen molar-refractivity contribution >= 4 is 15.8 Å². The molecule has 0 N–H and O–H groups in total. The predicted molar refractivity (Wildman–Crippen MR) is 107 cm³/mol. The lowest BCUT2D eigenvalue weighted by molar-refractivity contribution is 0.337. The zero-order valence-corrected chi connectivity index (χ0v) is 17.5. The van der Waals surface area contributed by atoms with Crippen molar-refractivity contribution in [1.29, 1.82) is 0 Å². The number of aryl methyl sites for hydroxylation is 2. The Balaban J connectivity index is 1.73. The summed E-state index contributed by atoms with van der Waals surface area (Å²) in [5, 5.41) is 0. The van der Waals surface area contributed by atoms with Gasteiger partial charge in [0.25, 0.3) is 0 Å². The van der Waals surface area contributed by atoms with Crippen LogP contribution < -0.4 is 14.4 Å². The molecule has 0 saturated carbocycles. The summed E-state index contributed by atoms with van der Waals surface area (Å²) in [6.45, 7) is 7.98. The number of aromatic nitrogens is 2. The van der Waals surface area contributed by atoms with Gasteiger partial charge in [-0.3, -0.25) is 0 Å². The second kappa shape index (κ2) is 8.32. The first-order chi connectivity index (χ1) is 13.3. The van der Waals surface area contributed by atoms with Gasteiger partial charge in [-0.25, -0.2) is 13.4 Å². The Morgan fingerprint density at radius 2 is 1.79 bits per heavy atom. The molecule has 152 valence electrons. The molecule has 0 aliphatic carbocycles. The molecule has 28 heavy (non-hydrogen) atoms. The Hall–Kier alpha value is -2.39. The predicted octanol–water partition coefficient (Wildman–Crippen LogP) is 2.01. The fourth-order valence-corrected chi connectivity index (χ4v) is 4.71. The highest BCUT2D eigenvalue weighted by atomic mass is 32.2. The van der Waals surface area contributed by atoms with Crippen LogP contribution in [0.3, 0.4) is 0 Å². The standard InChI is InChI=1S/C19H26N4O4S/c1-5-27-17-7-6-16(12-14(17)2)28(24,25)23-10-8-22(9-11-23)18-13-19(26-4)21-15(3)20-18/h6-7,12-13H,5,8-11H2,1-4H3. The van der Waals surface area contributed by atoms with Crippen LogP contribution in [0.15, 0.2) is 29.2 Å². The van der Waals surface area contributed by atoms with Gasteiger partial charge >= 0.3 is 0 Å². The van der Waals surface area contributed by atoms with Gasteiger partial charge in [0.05, 0.1) is 18.6 Å². The SMILES string of the molecule is CCOc1ccc(S(=O)(=O)N2CCN(c3cc(OC)nc(C)n3)CC2)cc1C. The topological polar surface area (TPSA) is 84.9 Å². The van der Waals surface area contributed by atoms with Gasteiger partial charge in [-0.15, -0.1) is 0 Å². The Kier molecular flexibility index (Phi) is 6.04. The molecule has 0 radical (unpaired) electrons. The number of hydrogen-bond donors (Lipinski definition) is 0. The summed E-state index contributed by atoms with van der Waals surface area (Å²) >= 11 is 0. The summed E-state index contributed by atoms with van der Waals surface area (Å²) in [5.74, 6) is 2.58. The molecule has 0 atom stereocenters. The average molecular weight is 407 g/mol. The molecule has 1 aliphatic heterocycles. The molecule has 0 amide bonds.